The van der Waals surface area contributed by atoms with Gasteiger partial charge in [-0.1, -0.05) is 0 Å². The average Bonchev–Trinajstić information content (AvgIpc) is 2.76. The average molecular weight is 319 g/mol. The maximum absolute atomic E-state index is 12.7. The van der Waals surface area contributed by atoms with E-state index in [1.54, 1.807) is 6.07 Å². The fraction of sp³-hybridized carbons (Fsp3) is 0.500. The Morgan fingerprint density at radius 2 is 2.10 bits per heavy atom. The van der Waals surface area contributed by atoms with Gasteiger partial charge in [-0.3, -0.25) is 0 Å². The normalized spacial score (nSPS) is 21.0. The monoisotopic (exact) mass is 319 g/mol. The van der Waals surface area contributed by atoms with Gasteiger partial charge >= 0.3 is 6.18 Å². The van der Waals surface area contributed by atoms with Crippen LogP contribution >= 0.6 is 0 Å². The molecule has 0 spiro atoms. The molecule has 2 rings (SSSR count). The molecule has 9 heteroatoms. The predicted octanol–water partition coefficient (Wildman–Crippen LogP) is 1.60. The van der Waals surface area contributed by atoms with E-state index in [0.717, 1.165) is 12.1 Å². The van der Waals surface area contributed by atoms with Crippen molar-refractivity contribution >= 4 is 15.7 Å². The molecule has 0 aromatic carbocycles. The molecule has 1 aromatic rings. The van der Waals surface area contributed by atoms with Crippen molar-refractivity contribution in [3.8, 4) is 6.07 Å². The zero-order chi connectivity index (χ0) is 15.8. The van der Waals surface area contributed by atoms with Crippen LogP contribution in [0.3, 0.4) is 0 Å². The number of nitriles is 1. The molecular formula is C12H12F3N3O2S. The van der Waals surface area contributed by atoms with Crippen molar-refractivity contribution < 1.29 is 21.6 Å². The van der Waals surface area contributed by atoms with Gasteiger partial charge in [0.25, 0.3) is 0 Å². The molecule has 0 aliphatic carbocycles. The molecule has 5 nitrogen and oxygen atoms in total. The van der Waals surface area contributed by atoms with E-state index < -0.39 is 27.7 Å². The zero-order valence-electron chi connectivity index (χ0n) is 11.1. The number of halogens is 3. The summed E-state index contributed by atoms with van der Waals surface area (Å²) in [7, 11) is -1.73. The van der Waals surface area contributed by atoms with Gasteiger partial charge in [0.1, 0.15) is 17.6 Å². The molecule has 1 saturated heterocycles. The molecule has 1 unspecified atom stereocenters. The number of hydrogen-bond acceptors (Lipinski definition) is 5. The van der Waals surface area contributed by atoms with Crippen molar-refractivity contribution in [1.29, 1.82) is 5.26 Å². The Bertz CT molecular complexity index is 695. The third kappa shape index (κ3) is 3.26. The van der Waals surface area contributed by atoms with Crippen LogP contribution in [0.2, 0.25) is 0 Å². The fourth-order valence-electron chi connectivity index (χ4n) is 2.22. The van der Waals surface area contributed by atoms with Gasteiger partial charge in [-0.2, -0.15) is 18.4 Å². The third-order valence-corrected chi connectivity index (χ3v) is 5.13. The number of rotatable bonds is 2. The molecule has 1 atom stereocenters. The van der Waals surface area contributed by atoms with Gasteiger partial charge in [0.2, 0.25) is 0 Å². The first-order valence-electron chi connectivity index (χ1n) is 6.05. The Kier molecular flexibility index (Phi) is 3.84. The lowest BCUT2D eigenvalue weighted by Crippen LogP contribution is -2.34. The SMILES string of the molecule is CN(c1nc(C(F)(F)F)ccc1C#N)C1CCS(=O)(=O)C1. The van der Waals surface area contributed by atoms with Crippen LogP contribution in [0.1, 0.15) is 17.7 Å². The lowest BCUT2D eigenvalue weighted by Gasteiger charge is -2.25. The maximum atomic E-state index is 12.7. The van der Waals surface area contributed by atoms with E-state index in [1.807, 2.05) is 0 Å². The van der Waals surface area contributed by atoms with Gasteiger partial charge in [0, 0.05) is 13.1 Å². The first kappa shape index (κ1) is 15.6. The lowest BCUT2D eigenvalue weighted by molar-refractivity contribution is -0.141. The molecule has 0 amide bonds. The van der Waals surface area contributed by atoms with E-state index in [4.69, 9.17) is 5.26 Å². The topological polar surface area (TPSA) is 74.1 Å². The molecular weight excluding hydrogens is 307 g/mol. The highest BCUT2D eigenvalue weighted by atomic mass is 32.2. The van der Waals surface area contributed by atoms with Crippen LogP contribution in [-0.2, 0) is 16.0 Å². The van der Waals surface area contributed by atoms with E-state index in [2.05, 4.69) is 4.98 Å². The van der Waals surface area contributed by atoms with Crippen LogP contribution in [0.5, 0.6) is 0 Å². The molecule has 1 aliphatic heterocycles. The molecule has 1 fully saturated rings. The molecule has 114 valence electrons. The number of sulfone groups is 1. The third-order valence-electron chi connectivity index (χ3n) is 3.38. The Morgan fingerprint density at radius 3 is 2.57 bits per heavy atom. The molecule has 0 bridgehead atoms. The minimum Gasteiger partial charge on any atom is -0.355 e. The summed E-state index contributed by atoms with van der Waals surface area (Å²) in [6.07, 6.45) is -4.31. The number of pyridine rings is 1. The van der Waals surface area contributed by atoms with Crippen molar-refractivity contribution in [1.82, 2.24) is 4.98 Å². The van der Waals surface area contributed by atoms with Crippen LogP contribution in [-0.4, -0.2) is 38.0 Å². The van der Waals surface area contributed by atoms with Gasteiger partial charge in [-0.15, -0.1) is 0 Å². The van der Waals surface area contributed by atoms with E-state index in [9.17, 15) is 21.6 Å². The summed E-state index contributed by atoms with van der Waals surface area (Å²) in [4.78, 5) is 4.84. The highest BCUT2D eigenvalue weighted by Crippen LogP contribution is 2.31. The number of anilines is 1. The summed E-state index contributed by atoms with van der Waals surface area (Å²) in [6, 6.07) is 3.09. The standard InChI is InChI=1S/C12H12F3N3O2S/c1-18(9-4-5-21(19,20)7-9)11-8(6-16)2-3-10(17-11)12(13,14)15/h2-3,9H,4-5,7H2,1H3. The summed E-state index contributed by atoms with van der Waals surface area (Å²) >= 11 is 0. The minimum atomic E-state index is -4.62. The summed E-state index contributed by atoms with van der Waals surface area (Å²) in [5.74, 6) is -0.302. The van der Waals surface area contributed by atoms with Gasteiger partial charge in [0.05, 0.1) is 17.1 Å². The van der Waals surface area contributed by atoms with Gasteiger partial charge in [0.15, 0.2) is 9.84 Å². The Balaban J connectivity index is 2.40. The van der Waals surface area contributed by atoms with Gasteiger partial charge < -0.3 is 4.90 Å². The van der Waals surface area contributed by atoms with Crippen LogP contribution in [0.25, 0.3) is 0 Å². The first-order chi connectivity index (χ1) is 9.64. The number of hydrogen-bond donors (Lipinski definition) is 0. The Morgan fingerprint density at radius 1 is 1.43 bits per heavy atom. The maximum Gasteiger partial charge on any atom is 0.433 e. The number of alkyl halides is 3. The van der Waals surface area contributed by atoms with Crippen LogP contribution < -0.4 is 4.90 Å². The van der Waals surface area contributed by atoms with E-state index in [1.165, 1.54) is 11.9 Å². The lowest BCUT2D eigenvalue weighted by atomic mass is 10.2. The number of aromatic nitrogens is 1. The van der Waals surface area contributed by atoms with Crippen molar-refractivity contribution in [3.05, 3.63) is 23.4 Å². The molecule has 1 aliphatic rings. The first-order valence-corrected chi connectivity index (χ1v) is 7.88. The molecule has 2 heterocycles. The molecule has 0 N–H and O–H groups in total. The molecule has 0 saturated carbocycles. The summed E-state index contributed by atoms with van der Waals surface area (Å²) < 4.78 is 61.1. The quantitative estimate of drug-likeness (QED) is 0.828. The van der Waals surface area contributed by atoms with E-state index in [-0.39, 0.29) is 22.9 Å². The highest BCUT2D eigenvalue weighted by Gasteiger charge is 2.36. The Labute approximate surface area is 119 Å². The largest absolute Gasteiger partial charge is 0.433 e. The minimum absolute atomic E-state index is 0.0111. The highest BCUT2D eigenvalue weighted by molar-refractivity contribution is 7.91. The summed E-state index contributed by atoms with van der Waals surface area (Å²) in [5.41, 5.74) is -1.13. The summed E-state index contributed by atoms with van der Waals surface area (Å²) in [6.45, 7) is 0. The zero-order valence-corrected chi connectivity index (χ0v) is 11.9. The molecule has 0 radical (unpaired) electrons. The smallest absolute Gasteiger partial charge is 0.355 e. The predicted molar refractivity (Wildman–Crippen MR) is 69.4 cm³/mol. The van der Waals surface area contributed by atoms with Crippen LogP contribution in [0, 0.1) is 11.3 Å². The van der Waals surface area contributed by atoms with Crippen molar-refractivity contribution in [3.63, 3.8) is 0 Å². The second kappa shape index (κ2) is 5.18. The van der Waals surface area contributed by atoms with Gasteiger partial charge in [-0.05, 0) is 18.6 Å². The second-order valence-corrected chi connectivity index (χ2v) is 7.07. The van der Waals surface area contributed by atoms with Crippen LogP contribution in [0.4, 0.5) is 19.0 Å². The van der Waals surface area contributed by atoms with Gasteiger partial charge in [-0.25, -0.2) is 13.4 Å². The molecule has 1 aromatic heterocycles. The van der Waals surface area contributed by atoms with E-state index >= 15 is 0 Å². The fourth-order valence-corrected chi connectivity index (χ4v) is 3.99. The summed E-state index contributed by atoms with van der Waals surface area (Å²) in [5, 5.41) is 8.99. The molecule has 21 heavy (non-hydrogen) atoms. The Hall–Kier alpha value is -1.82. The van der Waals surface area contributed by atoms with Crippen molar-refractivity contribution in [2.45, 2.75) is 18.6 Å². The van der Waals surface area contributed by atoms with Crippen LogP contribution in [0.15, 0.2) is 12.1 Å². The number of nitrogens with zero attached hydrogens (tertiary/aromatic N) is 3. The van der Waals surface area contributed by atoms with E-state index in [0.29, 0.717) is 6.42 Å². The van der Waals surface area contributed by atoms with Crippen molar-refractivity contribution in [2.75, 3.05) is 23.5 Å². The second-order valence-electron chi connectivity index (χ2n) is 4.84. The van der Waals surface area contributed by atoms with Crippen molar-refractivity contribution in [2.24, 2.45) is 0 Å².